The molecule has 0 aliphatic heterocycles. The number of hydrogen-bond acceptors (Lipinski definition) is 4. The number of nitrogens with zero attached hydrogens (tertiary/aromatic N) is 1. The third-order valence-electron chi connectivity index (χ3n) is 3.37. The number of ether oxygens (including phenoxy) is 1. The van der Waals surface area contributed by atoms with E-state index in [1.54, 1.807) is 13.2 Å². The molecule has 2 aromatic carbocycles. The van der Waals surface area contributed by atoms with Crippen molar-refractivity contribution < 1.29 is 19.1 Å². The second-order valence-corrected chi connectivity index (χ2v) is 6.61. The first-order chi connectivity index (χ1) is 11.0. The Morgan fingerprint density at radius 1 is 1.22 bits per heavy atom. The fraction of sp³-hybridized carbons (Fsp3) is 0.188. The van der Waals surface area contributed by atoms with Gasteiger partial charge in [-0.25, -0.2) is 0 Å². The summed E-state index contributed by atoms with van der Waals surface area (Å²) in [6, 6.07) is 15.4. The van der Waals surface area contributed by atoms with Crippen molar-refractivity contribution in [1.82, 2.24) is 5.32 Å². The van der Waals surface area contributed by atoms with Crippen LogP contribution in [0.15, 0.2) is 48.5 Å². The van der Waals surface area contributed by atoms with Crippen molar-refractivity contribution in [2.75, 3.05) is 7.11 Å². The van der Waals surface area contributed by atoms with E-state index in [9.17, 15) is 14.4 Å². The fourth-order valence-electron chi connectivity index (χ4n) is 2.23. The van der Waals surface area contributed by atoms with Gasteiger partial charge in [-0.1, -0.05) is 30.3 Å². The minimum Gasteiger partial charge on any atom is -0.496 e. The molecule has 1 atom stereocenters. The standard InChI is InChI=1S/C16H17N2O4P/c1-22-15-5-3-2-4-14(15)11-18-16(23(19,20)21)13-8-6-12(10-17)7-9-13/h2-9,16,18H,11H2,1H3,(H2,19,20,21)/t16-/m1/s1. The Bertz CT molecular complexity index is 749. The van der Waals surface area contributed by atoms with Gasteiger partial charge in [0.25, 0.3) is 0 Å². The highest BCUT2D eigenvalue weighted by Gasteiger charge is 2.30. The van der Waals surface area contributed by atoms with Crippen LogP contribution in [0, 0.1) is 11.3 Å². The summed E-state index contributed by atoms with van der Waals surface area (Å²) < 4.78 is 17.0. The molecule has 0 spiro atoms. The number of para-hydroxylation sites is 1. The topological polar surface area (TPSA) is 103 Å². The van der Waals surface area contributed by atoms with Crippen LogP contribution < -0.4 is 10.1 Å². The van der Waals surface area contributed by atoms with Crippen molar-refractivity contribution in [3.8, 4) is 11.8 Å². The highest BCUT2D eigenvalue weighted by Crippen LogP contribution is 2.50. The Balaban J connectivity index is 2.23. The van der Waals surface area contributed by atoms with Crippen molar-refractivity contribution in [2.24, 2.45) is 0 Å². The minimum absolute atomic E-state index is 0.236. The lowest BCUT2D eigenvalue weighted by molar-refractivity contribution is 0.346. The van der Waals surface area contributed by atoms with Crippen LogP contribution in [0.5, 0.6) is 5.75 Å². The third-order valence-corrected chi connectivity index (χ3v) is 4.52. The Kier molecular flexibility index (Phi) is 5.54. The summed E-state index contributed by atoms with van der Waals surface area (Å²) in [6.45, 7) is 0.236. The number of nitriles is 1. The largest absolute Gasteiger partial charge is 0.496 e. The number of hydrogen-bond donors (Lipinski definition) is 3. The van der Waals surface area contributed by atoms with Gasteiger partial charge in [-0.3, -0.25) is 9.88 Å². The predicted molar refractivity (Wildman–Crippen MR) is 85.8 cm³/mol. The van der Waals surface area contributed by atoms with Crippen molar-refractivity contribution in [2.45, 2.75) is 12.3 Å². The molecule has 0 aromatic heterocycles. The average Bonchev–Trinajstić information content (AvgIpc) is 2.55. The number of nitrogens with one attached hydrogen (secondary N) is 1. The molecule has 0 fully saturated rings. The summed E-state index contributed by atoms with van der Waals surface area (Å²) in [7, 11) is -2.88. The fourth-order valence-corrected chi connectivity index (χ4v) is 3.12. The zero-order valence-electron chi connectivity index (χ0n) is 12.5. The van der Waals surface area contributed by atoms with Crippen molar-refractivity contribution >= 4 is 7.60 Å². The van der Waals surface area contributed by atoms with Gasteiger partial charge >= 0.3 is 7.60 Å². The van der Waals surface area contributed by atoms with Crippen molar-refractivity contribution in [3.05, 3.63) is 65.2 Å². The summed E-state index contributed by atoms with van der Waals surface area (Å²) in [4.78, 5) is 19.2. The molecule has 6 nitrogen and oxygen atoms in total. The van der Waals surface area contributed by atoms with E-state index in [2.05, 4.69) is 5.32 Å². The van der Waals surface area contributed by atoms with Crippen LogP contribution in [0.3, 0.4) is 0 Å². The van der Waals surface area contributed by atoms with Gasteiger partial charge in [0.15, 0.2) is 0 Å². The van der Waals surface area contributed by atoms with Gasteiger partial charge in [0.1, 0.15) is 11.5 Å². The van der Waals surface area contributed by atoms with Crippen LogP contribution >= 0.6 is 7.60 Å². The molecule has 0 aliphatic carbocycles. The lowest BCUT2D eigenvalue weighted by Crippen LogP contribution is -2.21. The Labute approximate surface area is 134 Å². The first-order valence-electron chi connectivity index (χ1n) is 6.86. The molecule has 0 saturated carbocycles. The van der Waals surface area contributed by atoms with E-state index >= 15 is 0 Å². The van der Waals surface area contributed by atoms with Gasteiger partial charge in [-0.2, -0.15) is 5.26 Å². The number of benzene rings is 2. The van der Waals surface area contributed by atoms with E-state index < -0.39 is 13.4 Å². The average molecular weight is 332 g/mol. The van der Waals surface area contributed by atoms with Crippen LogP contribution in [0.2, 0.25) is 0 Å². The molecular weight excluding hydrogens is 315 g/mol. The van der Waals surface area contributed by atoms with Gasteiger partial charge in [-0.05, 0) is 23.8 Å². The lowest BCUT2D eigenvalue weighted by Gasteiger charge is -2.21. The molecule has 0 saturated heterocycles. The summed E-state index contributed by atoms with van der Waals surface area (Å²) in [6.07, 6.45) is 0. The maximum atomic E-state index is 11.8. The summed E-state index contributed by atoms with van der Waals surface area (Å²) in [5.41, 5.74) is 1.65. The van der Waals surface area contributed by atoms with Crippen LogP contribution in [0.1, 0.15) is 22.5 Å². The molecule has 120 valence electrons. The molecule has 0 radical (unpaired) electrons. The van der Waals surface area contributed by atoms with Gasteiger partial charge in [0, 0.05) is 12.1 Å². The zero-order valence-corrected chi connectivity index (χ0v) is 13.4. The molecule has 2 rings (SSSR count). The van der Waals surface area contributed by atoms with E-state index in [4.69, 9.17) is 10.00 Å². The summed E-state index contributed by atoms with van der Waals surface area (Å²) in [5, 5.41) is 11.7. The quantitative estimate of drug-likeness (QED) is 0.703. The van der Waals surface area contributed by atoms with Gasteiger partial charge in [0.2, 0.25) is 0 Å². The SMILES string of the molecule is COc1ccccc1CN[C@@H](c1ccc(C#N)cc1)P(=O)(O)O. The van der Waals surface area contributed by atoms with Crippen LogP contribution in [-0.2, 0) is 11.1 Å². The highest BCUT2D eigenvalue weighted by atomic mass is 31.2. The van der Waals surface area contributed by atoms with Crippen LogP contribution in [0.25, 0.3) is 0 Å². The molecule has 2 aromatic rings. The molecule has 0 bridgehead atoms. The Morgan fingerprint density at radius 3 is 2.43 bits per heavy atom. The van der Waals surface area contributed by atoms with E-state index in [0.29, 0.717) is 16.9 Å². The number of methoxy groups -OCH3 is 1. The molecule has 3 N–H and O–H groups in total. The predicted octanol–water partition coefficient (Wildman–Crippen LogP) is 2.53. The lowest BCUT2D eigenvalue weighted by atomic mass is 10.1. The molecule has 0 amide bonds. The minimum atomic E-state index is -4.42. The maximum Gasteiger partial charge on any atom is 0.346 e. The van der Waals surface area contributed by atoms with E-state index in [1.165, 1.54) is 24.3 Å². The van der Waals surface area contributed by atoms with Gasteiger partial charge in [0.05, 0.1) is 18.7 Å². The second-order valence-electron chi connectivity index (χ2n) is 4.92. The molecular formula is C16H17N2O4P. The van der Waals surface area contributed by atoms with E-state index in [-0.39, 0.29) is 6.54 Å². The van der Waals surface area contributed by atoms with Crippen LogP contribution in [0.4, 0.5) is 0 Å². The maximum absolute atomic E-state index is 11.8. The van der Waals surface area contributed by atoms with Crippen molar-refractivity contribution in [1.29, 1.82) is 5.26 Å². The zero-order chi connectivity index (χ0) is 16.9. The third kappa shape index (κ3) is 4.41. The second kappa shape index (κ2) is 7.40. The number of rotatable bonds is 6. The Hall–Kier alpha value is -2.16. The Morgan fingerprint density at radius 2 is 1.87 bits per heavy atom. The van der Waals surface area contributed by atoms with Gasteiger partial charge in [-0.15, -0.1) is 0 Å². The first kappa shape index (κ1) is 17.2. The summed E-state index contributed by atoms with van der Waals surface area (Å²) >= 11 is 0. The highest BCUT2D eigenvalue weighted by molar-refractivity contribution is 7.52. The van der Waals surface area contributed by atoms with Gasteiger partial charge < -0.3 is 14.5 Å². The molecule has 23 heavy (non-hydrogen) atoms. The molecule has 0 aliphatic rings. The monoisotopic (exact) mass is 332 g/mol. The smallest absolute Gasteiger partial charge is 0.346 e. The molecule has 7 heteroatoms. The van der Waals surface area contributed by atoms with Crippen molar-refractivity contribution in [3.63, 3.8) is 0 Å². The normalized spacial score (nSPS) is 12.4. The first-order valence-corrected chi connectivity index (χ1v) is 8.54. The summed E-state index contributed by atoms with van der Waals surface area (Å²) in [5.74, 6) is -0.510. The van der Waals surface area contributed by atoms with E-state index in [1.807, 2.05) is 24.3 Å². The molecule has 0 heterocycles. The van der Waals surface area contributed by atoms with E-state index in [0.717, 1.165) is 5.56 Å². The molecule has 0 unspecified atom stereocenters. The van der Waals surface area contributed by atoms with Crippen LogP contribution in [-0.4, -0.2) is 16.9 Å².